The Morgan fingerprint density at radius 2 is 1.54 bits per heavy atom. The molecule has 124 valence electrons. The first-order valence-electron chi connectivity index (χ1n) is 8.44. The number of quaternary nitrogens is 1. The van der Waals surface area contributed by atoms with Crippen LogP contribution < -0.4 is 5.73 Å². The molecule has 0 aliphatic heterocycles. The maximum absolute atomic E-state index is 4.94. The first-order chi connectivity index (χ1) is 11.4. The Kier molecular flexibility index (Phi) is 4.54. The van der Waals surface area contributed by atoms with Crippen LogP contribution in [0.1, 0.15) is 38.2 Å². The Labute approximate surface area is 144 Å². The lowest BCUT2D eigenvalue weighted by Crippen LogP contribution is -2.60. The summed E-state index contributed by atoms with van der Waals surface area (Å²) in [5.41, 5.74) is 7.90. The summed E-state index contributed by atoms with van der Waals surface area (Å²) in [6, 6.07) is 21.0. The van der Waals surface area contributed by atoms with Crippen molar-refractivity contribution in [3.05, 3.63) is 78.2 Å². The molecule has 3 nitrogen and oxygen atoms in total. The maximum Gasteiger partial charge on any atom is 0.168 e. The van der Waals surface area contributed by atoms with Crippen LogP contribution in [-0.2, 0) is 6.54 Å². The average Bonchev–Trinajstić information content (AvgIpc) is 2.98. The van der Waals surface area contributed by atoms with Crippen molar-refractivity contribution in [2.45, 2.75) is 33.4 Å². The second-order valence-corrected chi connectivity index (χ2v) is 7.38. The topological polar surface area (TPSA) is 45.5 Å². The smallest absolute Gasteiger partial charge is 0.168 e. The van der Waals surface area contributed by atoms with Crippen molar-refractivity contribution in [1.29, 1.82) is 0 Å². The molecule has 0 saturated carbocycles. The van der Waals surface area contributed by atoms with Crippen LogP contribution in [0.2, 0.25) is 0 Å². The van der Waals surface area contributed by atoms with E-state index in [1.165, 1.54) is 5.56 Å². The molecular weight excluding hydrogens is 294 g/mol. The van der Waals surface area contributed by atoms with E-state index in [0.29, 0.717) is 0 Å². The highest BCUT2D eigenvalue weighted by Crippen LogP contribution is 2.30. The molecule has 3 aromatic rings. The van der Waals surface area contributed by atoms with E-state index < -0.39 is 0 Å². The number of benzene rings is 2. The summed E-state index contributed by atoms with van der Waals surface area (Å²) >= 11 is 0. The average molecular weight is 320 g/mol. The van der Waals surface area contributed by atoms with E-state index in [0.717, 1.165) is 23.6 Å². The van der Waals surface area contributed by atoms with Gasteiger partial charge in [0.05, 0.1) is 5.69 Å². The van der Waals surface area contributed by atoms with Gasteiger partial charge in [0.2, 0.25) is 0 Å². The van der Waals surface area contributed by atoms with Crippen molar-refractivity contribution in [3.63, 3.8) is 0 Å². The molecular formula is C21H26N3+. The van der Waals surface area contributed by atoms with Gasteiger partial charge in [-0.05, 0) is 5.56 Å². The molecule has 2 aromatic carbocycles. The molecule has 1 heterocycles. The first-order valence-corrected chi connectivity index (χ1v) is 8.44. The predicted octanol–water partition coefficient (Wildman–Crippen LogP) is 3.93. The molecule has 3 rings (SSSR count). The van der Waals surface area contributed by atoms with E-state index in [1.54, 1.807) is 0 Å². The maximum atomic E-state index is 4.94. The molecule has 1 atom stereocenters. The molecule has 0 fully saturated rings. The molecule has 0 amide bonds. The van der Waals surface area contributed by atoms with Crippen LogP contribution in [0.25, 0.3) is 11.3 Å². The van der Waals surface area contributed by atoms with E-state index in [2.05, 4.69) is 85.8 Å². The normalized spacial score (nSPS) is 13.0. The number of aromatic nitrogens is 2. The molecule has 0 bridgehead atoms. The van der Waals surface area contributed by atoms with Gasteiger partial charge >= 0.3 is 0 Å². The zero-order valence-corrected chi connectivity index (χ0v) is 14.7. The Balaban J connectivity index is 2.03. The highest BCUT2D eigenvalue weighted by molar-refractivity contribution is 5.58. The highest BCUT2D eigenvalue weighted by atomic mass is 15.1. The van der Waals surface area contributed by atoms with Gasteiger partial charge in [0.1, 0.15) is 6.04 Å². The molecule has 3 heteroatoms. The Morgan fingerprint density at radius 1 is 0.958 bits per heavy atom. The van der Waals surface area contributed by atoms with Crippen LogP contribution in [0, 0.1) is 5.41 Å². The Hall–Kier alpha value is -2.39. The number of hydrogen-bond acceptors (Lipinski definition) is 1. The van der Waals surface area contributed by atoms with Crippen molar-refractivity contribution >= 4 is 0 Å². The zero-order chi connectivity index (χ0) is 17.2. The number of hydrogen-bond donors (Lipinski definition) is 1. The molecule has 0 unspecified atom stereocenters. The van der Waals surface area contributed by atoms with Gasteiger partial charge in [-0.1, -0.05) is 81.4 Å². The number of rotatable bonds is 4. The largest absolute Gasteiger partial charge is 0.348 e. The van der Waals surface area contributed by atoms with Gasteiger partial charge in [-0.15, -0.1) is 0 Å². The fourth-order valence-corrected chi connectivity index (χ4v) is 2.75. The van der Waals surface area contributed by atoms with Crippen LogP contribution in [0.15, 0.2) is 66.9 Å². The fraction of sp³-hybridized carbons (Fsp3) is 0.286. The zero-order valence-electron chi connectivity index (χ0n) is 14.7. The summed E-state index contributed by atoms with van der Waals surface area (Å²) in [5.74, 6) is 1.05. The lowest BCUT2D eigenvalue weighted by molar-refractivity contribution is -0.453. The molecule has 0 radical (unpaired) electrons. The molecule has 0 aliphatic rings. The highest BCUT2D eigenvalue weighted by Gasteiger charge is 2.30. The van der Waals surface area contributed by atoms with Gasteiger partial charge < -0.3 is 10.3 Å². The lowest BCUT2D eigenvalue weighted by Gasteiger charge is -2.23. The monoisotopic (exact) mass is 320 g/mol. The summed E-state index contributed by atoms with van der Waals surface area (Å²) in [7, 11) is 0. The summed E-state index contributed by atoms with van der Waals surface area (Å²) in [5, 5.41) is 0. The second-order valence-electron chi connectivity index (χ2n) is 7.38. The van der Waals surface area contributed by atoms with Crippen molar-refractivity contribution < 1.29 is 5.73 Å². The molecule has 1 aromatic heterocycles. The summed E-state index contributed by atoms with van der Waals surface area (Å²) in [4.78, 5) is 4.94. The second kappa shape index (κ2) is 6.62. The summed E-state index contributed by atoms with van der Waals surface area (Å²) in [6.45, 7) is 7.47. The third-order valence-electron chi connectivity index (χ3n) is 4.43. The third kappa shape index (κ3) is 3.57. The first kappa shape index (κ1) is 16.5. The summed E-state index contributed by atoms with van der Waals surface area (Å²) in [6.07, 6.45) is 2.15. The van der Waals surface area contributed by atoms with Gasteiger partial charge in [0.15, 0.2) is 5.82 Å². The lowest BCUT2D eigenvalue weighted by atomic mass is 9.87. The van der Waals surface area contributed by atoms with E-state index >= 15 is 0 Å². The molecule has 3 N–H and O–H groups in total. The van der Waals surface area contributed by atoms with Crippen molar-refractivity contribution in [2.24, 2.45) is 5.41 Å². The van der Waals surface area contributed by atoms with Crippen molar-refractivity contribution in [1.82, 2.24) is 9.55 Å². The quantitative estimate of drug-likeness (QED) is 0.778. The van der Waals surface area contributed by atoms with Gasteiger partial charge in [-0.3, -0.25) is 0 Å². The van der Waals surface area contributed by atoms with Gasteiger partial charge in [0.25, 0.3) is 0 Å². The van der Waals surface area contributed by atoms with Gasteiger partial charge in [-0.25, -0.2) is 4.98 Å². The summed E-state index contributed by atoms with van der Waals surface area (Å²) < 4.78 is 2.25. The van der Waals surface area contributed by atoms with E-state index in [-0.39, 0.29) is 11.5 Å². The van der Waals surface area contributed by atoms with Crippen molar-refractivity contribution in [3.8, 4) is 11.3 Å². The van der Waals surface area contributed by atoms with Crippen LogP contribution in [0.4, 0.5) is 0 Å². The SMILES string of the molecule is CC(C)(C)[C@@H]([NH3+])c1nc(-c2ccccc2)cn1Cc1ccccc1. The van der Waals surface area contributed by atoms with E-state index in [1.807, 2.05) is 12.1 Å². The number of nitrogens with zero attached hydrogens (tertiary/aromatic N) is 2. The van der Waals surface area contributed by atoms with Crippen molar-refractivity contribution in [2.75, 3.05) is 0 Å². The van der Waals surface area contributed by atoms with Crippen LogP contribution >= 0.6 is 0 Å². The standard InChI is InChI=1S/C21H25N3/c1-21(2,3)19(22)20-23-18(17-12-8-5-9-13-17)15-24(20)14-16-10-6-4-7-11-16/h4-13,15,19H,14,22H2,1-3H3/p+1/t19-/m0/s1. The van der Waals surface area contributed by atoms with Gasteiger partial charge in [0, 0.05) is 23.7 Å². The predicted molar refractivity (Wildman–Crippen MR) is 98.3 cm³/mol. The minimum atomic E-state index is 0.0632. The van der Waals surface area contributed by atoms with Crippen LogP contribution in [0.5, 0.6) is 0 Å². The van der Waals surface area contributed by atoms with Gasteiger partial charge in [-0.2, -0.15) is 0 Å². The van der Waals surface area contributed by atoms with Crippen LogP contribution in [0.3, 0.4) is 0 Å². The molecule has 24 heavy (non-hydrogen) atoms. The Bertz CT molecular complexity index is 783. The minimum Gasteiger partial charge on any atom is -0.348 e. The Morgan fingerprint density at radius 3 is 2.12 bits per heavy atom. The van der Waals surface area contributed by atoms with Crippen LogP contribution in [-0.4, -0.2) is 9.55 Å². The number of imidazole rings is 1. The molecule has 0 saturated heterocycles. The van der Waals surface area contributed by atoms with E-state index in [4.69, 9.17) is 4.98 Å². The third-order valence-corrected chi connectivity index (χ3v) is 4.43. The fourth-order valence-electron chi connectivity index (χ4n) is 2.75. The molecule has 0 aliphatic carbocycles. The molecule has 0 spiro atoms. The van der Waals surface area contributed by atoms with E-state index in [9.17, 15) is 0 Å². The minimum absolute atomic E-state index is 0.0632.